The first-order valence-corrected chi connectivity index (χ1v) is 9.84. The van der Waals surface area contributed by atoms with Crippen molar-refractivity contribution in [2.24, 2.45) is 0 Å². The number of aromatic amines is 1. The summed E-state index contributed by atoms with van der Waals surface area (Å²) in [5, 5.41) is 20.8. The summed E-state index contributed by atoms with van der Waals surface area (Å²) >= 11 is 6.11. The molecule has 1 aliphatic heterocycles. The van der Waals surface area contributed by atoms with Gasteiger partial charge in [-0.25, -0.2) is 22.5 Å². The summed E-state index contributed by atoms with van der Waals surface area (Å²) in [4.78, 5) is 15.3. The van der Waals surface area contributed by atoms with E-state index in [0.717, 1.165) is 16.5 Å². The number of hydrogen-bond donors (Lipinski definition) is 3. The Morgan fingerprint density at radius 2 is 1.81 bits per heavy atom. The van der Waals surface area contributed by atoms with Crippen LogP contribution in [0.25, 0.3) is 10.9 Å². The van der Waals surface area contributed by atoms with Gasteiger partial charge in [0, 0.05) is 34.6 Å². The number of hydrogen-bond acceptors (Lipinski definition) is 6. The van der Waals surface area contributed by atoms with E-state index in [2.05, 4.69) is 19.9 Å². The highest BCUT2D eigenvalue weighted by atomic mass is 35.5. The van der Waals surface area contributed by atoms with Crippen LogP contribution in [0, 0.1) is 0 Å². The third-order valence-electron chi connectivity index (χ3n) is 5.22. The third-order valence-corrected chi connectivity index (χ3v) is 5.46. The van der Waals surface area contributed by atoms with Crippen molar-refractivity contribution in [3.63, 3.8) is 0 Å². The predicted octanol–water partition coefficient (Wildman–Crippen LogP) is 3.73. The maximum atomic E-state index is 13.2. The van der Waals surface area contributed by atoms with Crippen molar-refractivity contribution >= 4 is 28.5 Å². The molecule has 3 N–H and O–H groups in total. The van der Waals surface area contributed by atoms with Crippen molar-refractivity contribution in [2.75, 3.05) is 18.1 Å². The number of rotatable bonds is 6. The van der Waals surface area contributed by atoms with Crippen LogP contribution in [0.1, 0.15) is 48.2 Å². The Morgan fingerprint density at radius 3 is 2.42 bits per heavy atom. The lowest BCUT2D eigenvalue weighted by Crippen LogP contribution is -2.39. The van der Waals surface area contributed by atoms with Crippen LogP contribution in [0.2, 0.25) is 5.02 Å². The van der Waals surface area contributed by atoms with Gasteiger partial charge in [-0.2, -0.15) is 9.97 Å². The highest BCUT2D eigenvalue weighted by Gasteiger charge is 2.35. The zero-order chi connectivity index (χ0) is 22.3. The molecular formula is C19H18ClF4N5O2. The maximum absolute atomic E-state index is 13.2. The second kappa shape index (κ2) is 8.56. The number of H-pyrrole nitrogens is 1. The number of nitrogens with zero attached hydrogens (tertiary/aromatic N) is 4. The van der Waals surface area contributed by atoms with Gasteiger partial charge in [-0.15, -0.1) is 0 Å². The molecule has 0 saturated carbocycles. The maximum Gasteiger partial charge on any atom is 0.297 e. The lowest BCUT2D eigenvalue weighted by molar-refractivity contribution is 0.0806. The highest BCUT2D eigenvalue weighted by molar-refractivity contribution is 6.31. The van der Waals surface area contributed by atoms with Crippen LogP contribution in [0.5, 0.6) is 0 Å². The van der Waals surface area contributed by atoms with Crippen LogP contribution >= 0.6 is 11.6 Å². The molecule has 0 fully saturated rings. The van der Waals surface area contributed by atoms with Crippen molar-refractivity contribution in [1.82, 2.24) is 19.9 Å². The van der Waals surface area contributed by atoms with Crippen LogP contribution in [0.3, 0.4) is 0 Å². The van der Waals surface area contributed by atoms with Gasteiger partial charge in [0.15, 0.2) is 0 Å². The fourth-order valence-corrected chi connectivity index (χ4v) is 4.05. The second-order valence-electron chi connectivity index (χ2n) is 7.19. The summed E-state index contributed by atoms with van der Waals surface area (Å²) in [5.41, 5.74) is 2.33. The van der Waals surface area contributed by atoms with Crippen molar-refractivity contribution in [3.8, 4) is 0 Å². The van der Waals surface area contributed by atoms with Crippen LogP contribution in [-0.2, 0) is 6.42 Å². The number of anilines is 1. The lowest BCUT2D eigenvalue weighted by atomic mass is 9.94. The molecule has 3 heterocycles. The van der Waals surface area contributed by atoms with E-state index in [-0.39, 0.29) is 18.9 Å². The summed E-state index contributed by atoms with van der Waals surface area (Å²) in [7, 11) is 0. The summed E-state index contributed by atoms with van der Waals surface area (Å²) in [6, 6.07) is 4.59. The van der Waals surface area contributed by atoms with Gasteiger partial charge in [-0.3, -0.25) is 0 Å². The van der Waals surface area contributed by atoms with E-state index in [4.69, 9.17) is 11.6 Å². The Labute approximate surface area is 178 Å². The van der Waals surface area contributed by atoms with Gasteiger partial charge < -0.3 is 20.1 Å². The molecule has 0 aliphatic carbocycles. The normalized spacial score (nSPS) is 17.6. The minimum atomic E-state index is -3.16. The molecule has 1 aliphatic rings. The molecule has 12 heteroatoms. The van der Waals surface area contributed by atoms with Crippen molar-refractivity contribution in [1.29, 1.82) is 0 Å². The molecule has 0 bridgehead atoms. The van der Waals surface area contributed by atoms with Gasteiger partial charge in [0.2, 0.25) is 17.6 Å². The molecule has 0 radical (unpaired) electrons. The van der Waals surface area contributed by atoms with E-state index in [1.165, 1.54) is 4.90 Å². The van der Waals surface area contributed by atoms with E-state index in [1.54, 1.807) is 18.2 Å². The largest absolute Gasteiger partial charge is 0.394 e. The molecule has 2 aromatic heterocycles. The zero-order valence-electron chi connectivity index (χ0n) is 15.9. The minimum Gasteiger partial charge on any atom is -0.394 e. The topological polar surface area (TPSA) is 98.2 Å². The standard InChI is InChI=1S/C19H18ClF4N5O2/c20-8-1-2-12-11(5-8)10-3-4-29(13(14(10)25-12)6-9(31)7-30)19-27-17(15(21)22)26-18(28-19)16(23)24/h1-2,5,9,13,15-16,25,30-31H,3-4,6-7H2/t9-,13-/m0/s1. The molecule has 1 aromatic carbocycles. The summed E-state index contributed by atoms with van der Waals surface area (Å²) in [5.74, 6) is -2.43. The summed E-state index contributed by atoms with van der Waals surface area (Å²) in [6.45, 7) is -0.321. The lowest BCUT2D eigenvalue weighted by Gasteiger charge is -2.37. The average molecular weight is 460 g/mol. The average Bonchev–Trinajstić information content (AvgIpc) is 3.11. The highest BCUT2D eigenvalue weighted by Crippen LogP contribution is 2.39. The van der Waals surface area contributed by atoms with E-state index >= 15 is 0 Å². The number of aliphatic hydroxyl groups is 2. The quantitative estimate of drug-likeness (QED) is 0.486. The van der Waals surface area contributed by atoms with Crippen molar-refractivity contribution in [2.45, 2.75) is 37.8 Å². The number of benzene rings is 1. The van der Waals surface area contributed by atoms with Crippen molar-refractivity contribution in [3.05, 3.63) is 46.1 Å². The fraction of sp³-hybridized carbons (Fsp3) is 0.421. The number of nitrogens with one attached hydrogen (secondary N) is 1. The predicted molar refractivity (Wildman–Crippen MR) is 105 cm³/mol. The molecule has 2 atom stereocenters. The Balaban J connectivity index is 1.84. The first-order valence-electron chi connectivity index (χ1n) is 9.46. The molecule has 0 amide bonds. The molecule has 31 heavy (non-hydrogen) atoms. The van der Waals surface area contributed by atoms with Crippen LogP contribution in [0.15, 0.2) is 18.2 Å². The first-order chi connectivity index (χ1) is 14.8. The Hall–Kier alpha value is -2.50. The van der Waals surface area contributed by atoms with E-state index in [0.29, 0.717) is 17.1 Å². The summed E-state index contributed by atoms with van der Waals surface area (Å²) < 4.78 is 52.9. The second-order valence-corrected chi connectivity index (χ2v) is 7.63. The van der Waals surface area contributed by atoms with Gasteiger partial charge >= 0.3 is 0 Å². The fourth-order valence-electron chi connectivity index (χ4n) is 3.88. The Morgan fingerprint density at radius 1 is 1.13 bits per heavy atom. The number of halogens is 5. The molecule has 0 unspecified atom stereocenters. The molecule has 166 valence electrons. The third kappa shape index (κ3) is 4.17. The van der Waals surface area contributed by atoms with E-state index < -0.39 is 43.3 Å². The number of aliphatic hydroxyl groups excluding tert-OH is 2. The number of aromatic nitrogens is 4. The van der Waals surface area contributed by atoms with Gasteiger partial charge in [0.25, 0.3) is 12.9 Å². The molecule has 7 nitrogen and oxygen atoms in total. The molecule has 0 saturated heterocycles. The van der Waals surface area contributed by atoms with Crippen molar-refractivity contribution < 1.29 is 27.8 Å². The van der Waals surface area contributed by atoms with Gasteiger partial charge in [0.05, 0.1) is 18.8 Å². The monoisotopic (exact) mass is 459 g/mol. The van der Waals surface area contributed by atoms with Gasteiger partial charge in [-0.1, -0.05) is 11.6 Å². The van der Waals surface area contributed by atoms with E-state index in [9.17, 15) is 27.8 Å². The number of alkyl halides is 4. The van der Waals surface area contributed by atoms with Crippen LogP contribution < -0.4 is 4.90 Å². The van der Waals surface area contributed by atoms with Gasteiger partial charge in [0.1, 0.15) is 0 Å². The molecular weight excluding hydrogens is 442 g/mol. The van der Waals surface area contributed by atoms with Crippen LogP contribution in [0.4, 0.5) is 23.5 Å². The Kier molecular flexibility index (Phi) is 6.00. The molecule has 4 rings (SSSR count). The minimum absolute atomic E-state index is 0.0102. The summed E-state index contributed by atoms with van der Waals surface area (Å²) in [6.07, 6.45) is -7.03. The molecule has 3 aromatic rings. The van der Waals surface area contributed by atoms with Gasteiger partial charge in [-0.05, 0) is 30.2 Å². The Bertz CT molecular complexity index is 1070. The first kappa shape index (κ1) is 21.7. The SMILES string of the molecule is OC[C@@H](O)C[C@H]1c2[nH]c3ccc(Cl)cc3c2CCN1c1nc(C(F)F)nc(C(F)F)n1. The number of fused-ring (bicyclic) bond motifs is 3. The zero-order valence-corrected chi connectivity index (χ0v) is 16.7. The van der Waals surface area contributed by atoms with Crippen LogP contribution in [-0.4, -0.2) is 49.4 Å². The van der Waals surface area contributed by atoms with E-state index in [1.807, 2.05) is 0 Å². The smallest absolute Gasteiger partial charge is 0.297 e. The molecule has 0 spiro atoms.